The van der Waals surface area contributed by atoms with Crippen molar-refractivity contribution in [2.24, 2.45) is 0 Å². The summed E-state index contributed by atoms with van der Waals surface area (Å²) in [6.07, 6.45) is 9.24. The van der Waals surface area contributed by atoms with E-state index in [0.717, 1.165) is 36.2 Å². The molecule has 1 saturated carbocycles. The summed E-state index contributed by atoms with van der Waals surface area (Å²) < 4.78 is 24.3. The maximum Gasteiger partial charge on any atom is 0.221 e. The summed E-state index contributed by atoms with van der Waals surface area (Å²) >= 11 is 0. The van der Waals surface area contributed by atoms with Crippen molar-refractivity contribution in [2.45, 2.75) is 36.6 Å². The fourth-order valence-corrected chi connectivity index (χ4v) is 4.09. The van der Waals surface area contributed by atoms with Crippen LogP contribution >= 0.6 is 0 Å². The smallest absolute Gasteiger partial charge is 0.221 e. The Morgan fingerprint density at radius 2 is 1.97 bits per heavy atom. The van der Waals surface area contributed by atoms with Crippen molar-refractivity contribution in [2.75, 3.05) is 16.9 Å². The Morgan fingerprint density at radius 3 is 2.59 bits per heavy atom. The quantitative estimate of drug-likeness (QED) is 0.660. The van der Waals surface area contributed by atoms with Gasteiger partial charge in [-0.1, -0.05) is 6.42 Å². The van der Waals surface area contributed by atoms with E-state index < -0.39 is 9.84 Å². The van der Waals surface area contributed by atoms with Crippen LogP contribution in [-0.2, 0) is 16.4 Å². The lowest BCUT2D eigenvalue weighted by molar-refractivity contribution is 0.419. The first-order valence-corrected chi connectivity index (χ1v) is 11.3. The highest BCUT2D eigenvalue weighted by Crippen LogP contribution is 2.43. The van der Waals surface area contributed by atoms with E-state index in [2.05, 4.69) is 19.9 Å². The summed E-state index contributed by atoms with van der Waals surface area (Å²) in [7, 11) is -3.30. The van der Waals surface area contributed by atoms with Gasteiger partial charge in [0.1, 0.15) is 12.1 Å². The second-order valence-electron chi connectivity index (χ2n) is 7.18. The first kappa shape index (κ1) is 19.3. The van der Waals surface area contributed by atoms with E-state index in [1.165, 1.54) is 12.6 Å². The Labute approximate surface area is 169 Å². The van der Waals surface area contributed by atoms with Gasteiger partial charge in [-0.15, -0.1) is 0 Å². The Balaban J connectivity index is 1.85. The van der Waals surface area contributed by atoms with Crippen molar-refractivity contribution in [1.29, 1.82) is 0 Å². The molecule has 0 unspecified atom stereocenters. The zero-order chi connectivity index (χ0) is 20.4. The third-order valence-electron chi connectivity index (χ3n) is 5.16. The second-order valence-corrected chi connectivity index (χ2v) is 9.20. The number of nitrogens with zero attached hydrogens (tertiary/aromatic N) is 5. The van der Waals surface area contributed by atoms with Crippen LogP contribution in [0.3, 0.4) is 0 Å². The predicted octanol–water partition coefficient (Wildman–Crippen LogP) is 2.86. The molecule has 8 nitrogen and oxygen atoms in total. The van der Waals surface area contributed by atoms with E-state index in [0.29, 0.717) is 23.2 Å². The van der Waals surface area contributed by atoms with Crippen LogP contribution in [0.1, 0.15) is 36.4 Å². The molecule has 0 amide bonds. The van der Waals surface area contributed by atoms with E-state index in [1.807, 2.05) is 17.0 Å². The average molecular weight is 411 g/mol. The molecule has 1 aliphatic carbocycles. The standard InChI is InChI=1S/C20H22N6O2S/c1-29(27,28)16-5-6-18(17(11-16)14-3-2-4-14)26(12-15-7-9-22-13-24-15)19-8-10-23-20(21)25-19/h5-11,13-14H,2-4,12H2,1H3,(H2,21,23,25). The molecule has 2 aromatic heterocycles. The fourth-order valence-electron chi connectivity index (χ4n) is 3.43. The van der Waals surface area contributed by atoms with Gasteiger partial charge in [0.15, 0.2) is 9.84 Å². The first-order chi connectivity index (χ1) is 13.9. The highest BCUT2D eigenvalue weighted by atomic mass is 32.2. The zero-order valence-corrected chi connectivity index (χ0v) is 16.9. The number of nitrogens with two attached hydrogens (primary N) is 1. The van der Waals surface area contributed by atoms with Crippen LogP contribution in [0.15, 0.2) is 53.9 Å². The van der Waals surface area contributed by atoms with E-state index in [4.69, 9.17) is 5.73 Å². The Hall–Kier alpha value is -3.07. The van der Waals surface area contributed by atoms with Crippen LogP contribution < -0.4 is 10.6 Å². The van der Waals surface area contributed by atoms with Crippen LogP contribution in [0, 0.1) is 0 Å². The summed E-state index contributed by atoms with van der Waals surface area (Å²) in [6.45, 7) is 0.441. The molecule has 0 spiro atoms. The van der Waals surface area contributed by atoms with Gasteiger partial charge in [0.2, 0.25) is 5.95 Å². The first-order valence-electron chi connectivity index (χ1n) is 9.37. The third kappa shape index (κ3) is 4.19. The van der Waals surface area contributed by atoms with Crippen molar-refractivity contribution in [1.82, 2.24) is 19.9 Å². The summed E-state index contributed by atoms with van der Waals surface area (Å²) in [5, 5.41) is 0. The molecule has 0 bridgehead atoms. The van der Waals surface area contributed by atoms with Crippen molar-refractivity contribution in [3.63, 3.8) is 0 Å². The molecule has 0 saturated heterocycles. The fraction of sp³-hybridized carbons (Fsp3) is 0.300. The Bertz CT molecular complexity index is 1120. The molecule has 150 valence electrons. The van der Waals surface area contributed by atoms with Crippen LogP contribution in [0.4, 0.5) is 17.5 Å². The highest BCUT2D eigenvalue weighted by molar-refractivity contribution is 7.90. The van der Waals surface area contributed by atoms with Crippen molar-refractivity contribution in [3.05, 3.63) is 60.3 Å². The third-order valence-corrected chi connectivity index (χ3v) is 6.27. The van der Waals surface area contributed by atoms with Gasteiger partial charge in [0, 0.05) is 24.3 Å². The van der Waals surface area contributed by atoms with Gasteiger partial charge in [-0.3, -0.25) is 0 Å². The molecule has 1 fully saturated rings. The van der Waals surface area contributed by atoms with Gasteiger partial charge >= 0.3 is 0 Å². The normalized spacial score (nSPS) is 14.4. The van der Waals surface area contributed by atoms with Crippen LogP contribution in [0.2, 0.25) is 0 Å². The van der Waals surface area contributed by atoms with E-state index in [-0.39, 0.29) is 5.95 Å². The molecule has 0 aliphatic heterocycles. The van der Waals surface area contributed by atoms with E-state index in [9.17, 15) is 8.42 Å². The molecule has 1 aliphatic rings. The lowest BCUT2D eigenvalue weighted by Gasteiger charge is -2.33. The van der Waals surface area contributed by atoms with Crippen LogP contribution in [0.25, 0.3) is 0 Å². The highest BCUT2D eigenvalue weighted by Gasteiger charge is 2.27. The molecule has 29 heavy (non-hydrogen) atoms. The Kier molecular flexibility index (Phi) is 5.14. The van der Waals surface area contributed by atoms with Gasteiger partial charge in [-0.2, -0.15) is 4.98 Å². The molecule has 2 N–H and O–H groups in total. The molecular formula is C20H22N6O2S. The average Bonchev–Trinajstić information content (AvgIpc) is 2.65. The largest absolute Gasteiger partial charge is 0.368 e. The van der Waals surface area contributed by atoms with Crippen LogP contribution in [0.5, 0.6) is 0 Å². The molecule has 0 atom stereocenters. The number of benzene rings is 1. The van der Waals surface area contributed by atoms with Gasteiger partial charge in [-0.05, 0) is 54.7 Å². The number of anilines is 3. The molecule has 0 radical (unpaired) electrons. The number of nitrogen functional groups attached to an aromatic ring is 1. The van der Waals surface area contributed by atoms with Gasteiger partial charge in [-0.25, -0.2) is 23.4 Å². The molecule has 4 rings (SSSR count). The summed E-state index contributed by atoms with van der Waals surface area (Å²) in [4.78, 5) is 19.0. The minimum absolute atomic E-state index is 0.174. The van der Waals surface area contributed by atoms with E-state index >= 15 is 0 Å². The number of rotatable bonds is 6. The van der Waals surface area contributed by atoms with Gasteiger partial charge < -0.3 is 10.6 Å². The van der Waals surface area contributed by atoms with Gasteiger partial charge in [0.05, 0.1) is 17.1 Å². The predicted molar refractivity (Wildman–Crippen MR) is 110 cm³/mol. The van der Waals surface area contributed by atoms with Crippen molar-refractivity contribution < 1.29 is 8.42 Å². The molecule has 2 heterocycles. The number of aromatic nitrogens is 4. The summed E-state index contributed by atoms with van der Waals surface area (Å²) in [5.41, 5.74) is 8.55. The maximum absolute atomic E-state index is 12.1. The summed E-state index contributed by atoms with van der Waals surface area (Å²) in [5.74, 6) is 1.12. The SMILES string of the molecule is CS(=O)(=O)c1ccc(N(Cc2ccncn2)c2ccnc(N)n2)c(C2CCC2)c1. The van der Waals surface area contributed by atoms with Crippen LogP contribution in [-0.4, -0.2) is 34.6 Å². The summed E-state index contributed by atoms with van der Waals surface area (Å²) in [6, 6.07) is 8.91. The molecule has 9 heteroatoms. The topological polar surface area (TPSA) is 115 Å². The van der Waals surface area contributed by atoms with Crippen molar-refractivity contribution in [3.8, 4) is 0 Å². The second kappa shape index (κ2) is 7.75. The monoisotopic (exact) mass is 410 g/mol. The zero-order valence-electron chi connectivity index (χ0n) is 16.1. The number of hydrogen-bond acceptors (Lipinski definition) is 8. The molecular weight excluding hydrogens is 388 g/mol. The molecule has 1 aromatic carbocycles. The lowest BCUT2D eigenvalue weighted by Crippen LogP contribution is -2.23. The number of hydrogen-bond donors (Lipinski definition) is 1. The number of sulfone groups is 1. The maximum atomic E-state index is 12.1. The van der Waals surface area contributed by atoms with Crippen molar-refractivity contribution >= 4 is 27.3 Å². The van der Waals surface area contributed by atoms with Gasteiger partial charge in [0.25, 0.3) is 0 Å². The molecule has 3 aromatic rings. The Morgan fingerprint density at radius 1 is 1.14 bits per heavy atom. The van der Waals surface area contributed by atoms with E-state index in [1.54, 1.807) is 30.6 Å². The lowest BCUT2D eigenvalue weighted by atomic mass is 9.79. The minimum Gasteiger partial charge on any atom is -0.368 e. The minimum atomic E-state index is -3.30.